The zero-order valence-electron chi connectivity index (χ0n) is 15.0. The van der Waals surface area contributed by atoms with Crippen molar-refractivity contribution >= 4 is 17.9 Å². The second-order valence-electron chi connectivity index (χ2n) is 6.65. The molecule has 1 rings (SSSR count). The average Bonchev–Trinajstić information content (AvgIpc) is 2.83. The fourth-order valence-electron chi connectivity index (χ4n) is 2.23. The third kappa shape index (κ3) is 6.09. The zero-order valence-corrected chi connectivity index (χ0v) is 15.0. The summed E-state index contributed by atoms with van der Waals surface area (Å²) in [6, 6.07) is 0. The van der Waals surface area contributed by atoms with Gasteiger partial charge in [0.15, 0.2) is 12.4 Å². The van der Waals surface area contributed by atoms with Crippen LogP contribution < -0.4 is 0 Å². The Hall–Kier alpha value is -1.67. The standard InChI is InChI=1S/C16H26O8/c1-9(17)22-11-7-13(20-6)24-14(11)12(23-10(2)18)8-21-15(19)16(3,4)5/h11-14H,7-8H2,1-6H3/t11-,12-,13-,14-/m1/s1. The van der Waals surface area contributed by atoms with E-state index in [0.717, 1.165) is 0 Å². The van der Waals surface area contributed by atoms with Gasteiger partial charge in [-0.1, -0.05) is 0 Å². The summed E-state index contributed by atoms with van der Waals surface area (Å²) in [5, 5.41) is 0. The lowest BCUT2D eigenvalue weighted by Gasteiger charge is -2.27. The van der Waals surface area contributed by atoms with Gasteiger partial charge >= 0.3 is 17.9 Å². The first kappa shape index (κ1) is 20.4. The molecule has 8 nitrogen and oxygen atoms in total. The first-order valence-electron chi connectivity index (χ1n) is 7.74. The van der Waals surface area contributed by atoms with Crippen molar-refractivity contribution in [2.75, 3.05) is 13.7 Å². The molecule has 1 heterocycles. The Morgan fingerprint density at radius 1 is 1.17 bits per heavy atom. The maximum atomic E-state index is 11.9. The van der Waals surface area contributed by atoms with Gasteiger partial charge in [-0.15, -0.1) is 0 Å². The fraction of sp³-hybridized carbons (Fsp3) is 0.812. The molecule has 4 atom stereocenters. The van der Waals surface area contributed by atoms with E-state index in [1.165, 1.54) is 21.0 Å². The summed E-state index contributed by atoms with van der Waals surface area (Å²) in [6.45, 7) is 7.45. The molecule has 138 valence electrons. The third-order valence-corrected chi connectivity index (χ3v) is 3.36. The van der Waals surface area contributed by atoms with Crippen molar-refractivity contribution in [3.05, 3.63) is 0 Å². The van der Waals surface area contributed by atoms with Crippen molar-refractivity contribution in [1.29, 1.82) is 0 Å². The molecule has 0 radical (unpaired) electrons. The molecule has 1 fully saturated rings. The molecule has 0 amide bonds. The number of carbonyl (C=O) groups is 3. The van der Waals surface area contributed by atoms with Crippen molar-refractivity contribution < 1.29 is 38.1 Å². The van der Waals surface area contributed by atoms with Gasteiger partial charge in [0.25, 0.3) is 0 Å². The summed E-state index contributed by atoms with van der Waals surface area (Å²) in [7, 11) is 1.46. The number of methoxy groups -OCH3 is 1. The highest BCUT2D eigenvalue weighted by Gasteiger charge is 2.44. The Labute approximate surface area is 141 Å². The van der Waals surface area contributed by atoms with Gasteiger partial charge in [0.05, 0.1) is 5.41 Å². The van der Waals surface area contributed by atoms with Crippen LogP contribution in [0, 0.1) is 5.41 Å². The van der Waals surface area contributed by atoms with Gasteiger partial charge in [0.2, 0.25) is 0 Å². The number of hydrogen-bond donors (Lipinski definition) is 0. The Balaban J connectivity index is 2.85. The minimum atomic E-state index is -0.904. The first-order valence-corrected chi connectivity index (χ1v) is 7.74. The Kier molecular flexibility index (Phi) is 7.16. The molecule has 0 aromatic rings. The second kappa shape index (κ2) is 8.43. The minimum Gasteiger partial charge on any atom is -0.461 e. The normalized spacial score (nSPS) is 25.0. The third-order valence-electron chi connectivity index (χ3n) is 3.36. The van der Waals surface area contributed by atoms with Crippen LogP contribution in [0.15, 0.2) is 0 Å². The van der Waals surface area contributed by atoms with E-state index in [-0.39, 0.29) is 6.61 Å². The molecule has 0 aromatic carbocycles. The molecule has 0 aromatic heterocycles. The Morgan fingerprint density at radius 2 is 1.79 bits per heavy atom. The Morgan fingerprint density at radius 3 is 2.25 bits per heavy atom. The summed E-state index contributed by atoms with van der Waals surface area (Å²) >= 11 is 0. The monoisotopic (exact) mass is 346 g/mol. The van der Waals surface area contributed by atoms with E-state index in [2.05, 4.69) is 0 Å². The van der Waals surface area contributed by atoms with E-state index in [1.54, 1.807) is 20.8 Å². The highest BCUT2D eigenvalue weighted by Crippen LogP contribution is 2.28. The SMILES string of the molecule is CO[C@H]1C[C@@H](OC(C)=O)[C@H]([C@@H](COC(=O)C(C)(C)C)OC(C)=O)O1. The smallest absolute Gasteiger partial charge is 0.311 e. The lowest BCUT2D eigenvalue weighted by Crippen LogP contribution is -2.43. The average molecular weight is 346 g/mol. The molecule has 1 aliphatic heterocycles. The summed E-state index contributed by atoms with van der Waals surface area (Å²) < 4.78 is 26.4. The van der Waals surface area contributed by atoms with Crippen LogP contribution in [-0.4, -0.2) is 56.2 Å². The molecule has 1 aliphatic rings. The van der Waals surface area contributed by atoms with E-state index in [4.69, 9.17) is 23.7 Å². The van der Waals surface area contributed by atoms with Crippen LogP contribution in [0.3, 0.4) is 0 Å². The van der Waals surface area contributed by atoms with Gasteiger partial charge in [-0.25, -0.2) is 0 Å². The van der Waals surface area contributed by atoms with Crippen molar-refractivity contribution in [1.82, 2.24) is 0 Å². The fourth-order valence-corrected chi connectivity index (χ4v) is 2.23. The lowest BCUT2D eigenvalue weighted by molar-refractivity contribution is -0.188. The maximum Gasteiger partial charge on any atom is 0.311 e. The molecule has 0 bridgehead atoms. The highest BCUT2D eigenvalue weighted by molar-refractivity contribution is 5.75. The summed E-state index contributed by atoms with van der Waals surface area (Å²) in [5.41, 5.74) is -0.693. The minimum absolute atomic E-state index is 0.200. The largest absolute Gasteiger partial charge is 0.461 e. The summed E-state index contributed by atoms with van der Waals surface area (Å²) in [5.74, 6) is -1.48. The van der Waals surface area contributed by atoms with Crippen LogP contribution in [0.2, 0.25) is 0 Å². The molecular weight excluding hydrogens is 320 g/mol. The van der Waals surface area contributed by atoms with Crippen LogP contribution in [0.4, 0.5) is 0 Å². The maximum absolute atomic E-state index is 11.9. The van der Waals surface area contributed by atoms with E-state index in [0.29, 0.717) is 6.42 Å². The van der Waals surface area contributed by atoms with Crippen LogP contribution >= 0.6 is 0 Å². The molecule has 0 spiro atoms. The lowest BCUT2D eigenvalue weighted by atomic mass is 9.97. The van der Waals surface area contributed by atoms with Crippen molar-refractivity contribution in [2.45, 2.75) is 65.6 Å². The molecule has 1 saturated heterocycles. The number of hydrogen-bond acceptors (Lipinski definition) is 8. The van der Waals surface area contributed by atoms with Crippen LogP contribution in [0.5, 0.6) is 0 Å². The van der Waals surface area contributed by atoms with E-state index >= 15 is 0 Å². The molecule has 24 heavy (non-hydrogen) atoms. The topological polar surface area (TPSA) is 97.4 Å². The van der Waals surface area contributed by atoms with Crippen LogP contribution in [0.1, 0.15) is 41.0 Å². The quantitative estimate of drug-likeness (QED) is 0.523. The predicted molar refractivity (Wildman–Crippen MR) is 81.8 cm³/mol. The number of ether oxygens (including phenoxy) is 5. The first-order chi connectivity index (χ1) is 11.0. The molecule has 0 N–H and O–H groups in total. The number of carbonyl (C=O) groups excluding carboxylic acids is 3. The van der Waals surface area contributed by atoms with Crippen molar-refractivity contribution in [2.24, 2.45) is 5.41 Å². The van der Waals surface area contributed by atoms with Gasteiger partial charge in [-0.3, -0.25) is 14.4 Å². The predicted octanol–water partition coefficient (Wildman–Crippen LogP) is 1.20. The molecular formula is C16H26O8. The number of esters is 3. The van der Waals surface area contributed by atoms with Gasteiger partial charge in [0.1, 0.15) is 18.8 Å². The van der Waals surface area contributed by atoms with Gasteiger partial charge in [0, 0.05) is 27.4 Å². The van der Waals surface area contributed by atoms with Gasteiger partial charge < -0.3 is 23.7 Å². The molecule has 8 heteroatoms. The summed E-state index contributed by atoms with van der Waals surface area (Å²) in [6.07, 6.45) is -2.65. The van der Waals surface area contributed by atoms with Crippen molar-refractivity contribution in [3.8, 4) is 0 Å². The second-order valence-corrected chi connectivity index (χ2v) is 6.65. The zero-order chi connectivity index (χ0) is 18.5. The highest BCUT2D eigenvalue weighted by atomic mass is 16.7. The van der Waals surface area contributed by atoms with E-state index in [1.807, 2.05) is 0 Å². The van der Waals surface area contributed by atoms with E-state index < -0.39 is 47.9 Å². The summed E-state index contributed by atoms with van der Waals surface area (Å²) in [4.78, 5) is 34.6. The molecule has 0 saturated carbocycles. The molecule has 0 aliphatic carbocycles. The Bertz CT molecular complexity index is 467. The van der Waals surface area contributed by atoms with Gasteiger partial charge in [-0.05, 0) is 20.8 Å². The number of rotatable bonds is 6. The van der Waals surface area contributed by atoms with Gasteiger partial charge in [-0.2, -0.15) is 0 Å². The van der Waals surface area contributed by atoms with Crippen LogP contribution in [0.25, 0.3) is 0 Å². The van der Waals surface area contributed by atoms with E-state index in [9.17, 15) is 14.4 Å². The van der Waals surface area contributed by atoms with Crippen molar-refractivity contribution in [3.63, 3.8) is 0 Å². The van der Waals surface area contributed by atoms with Crippen LogP contribution in [-0.2, 0) is 38.1 Å². The molecule has 0 unspecified atom stereocenters.